The van der Waals surface area contributed by atoms with Crippen LogP contribution in [0.3, 0.4) is 0 Å². The quantitative estimate of drug-likeness (QED) is 0.165. The second kappa shape index (κ2) is 23.3. The fraction of sp³-hybridized carbons (Fsp3) is 0.825. The highest BCUT2D eigenvalue weighted by atomic mass is 16.3. The Morgan fingerprint density at radius 2 is 1.18 bits per heavy atom. The van der Waals surface area contributed by atoms with Gasteiger partial charge in [-0.3, -0.25) is 28.8 Å². The summed E-state index contributed by atoms with van der Waals surface area (Å²) in [5, 5.41) is 21.5. The van der Waals surface area contributed by atoms with Crippen LogP contribution in [0.5, 0.6) is 0 Å². The van der Waals surface area contributed by atoms with Crippen molar-refractivity contribution >= 4 is 41.6 Å². The van der Waals surface area contributed by atoms with Gasteiger partial charge in [-0.05, 0) is 83.0 Å². The lowest BCUT2D eigenvalue weighted by atomic mass is 9.79. The summed E-state index contributed by atoms with van der Waals surface area (Å²) < 4.78 is 0. The molecule has 0 spiro atoms. The molecule has 2 aliphatic heterocycles. The Morgan fingerprint density at radius 3 is 1.76 bits per heavy atom. The Hall–Kier alpha value is -3.84. The zero-order valence-electron chi connectivity index (χ0n) is 33.4. The molecule has 310 valence electrons. The summed E-state index contributed by atoms with van der Waals surface area (Å²) in [5.41, 5.74) is 0. The molecule has 2 saturated heterocycles. The fourth-order valence-electron chi connectivity index (χ4n) is 8.83. The number of nitrogens with one attached hydrogen (secondary N) is 4. The fourth-order valence-corrected chi connectivity index (χ4v) is 8.83. The van der Waals surface area contributed by atoms with E-state index in [1.165, 1.54) is 31.1 Å². The summed E-state index contributed by atoms with van der Waals surface area (Å²) >= 11 is 0. The molecule has 4 rings (SSSR count). The van der Waals surface area contributed by atoms with Gasteiger partial charge in [0, 0.05) is 26.1 Å². The molecule has 2 aliphatic carbocycles. The molecule has 2 saturated carbocycles. The van der Waals surface area contributed by atoms with E-state index in [-0.39, 0.29) is 29.8 Å². The molecule has 4 fully saturated rings. The molecule has 0 radical (unpaired) electrons. The number of aliphatic hydroxyl groups excluding tert-OH is 1. The van der Waals surface area contributed by atoms with Crippen LogP contribution < -0.4 is 21.3 Å². The minimum Gasteiger partial charge on any atom is -0.391 e. The van der Waals surface area contributed by atoms with Crippen molar-refractivity contribution in [2.24, 2.45) is 17.8 Å². The number of carbonyl (C=O) groups is 6. The van der Waals surface area contributed by atoms with Crippen molar-refractivity contribution in [1.82, 2.24) is 31.1 Å². The zero-order chi connectivity index (χ0) is 40.5. The average Bonchev–Trinajstić information content (AvgIpc) is 3.68. The molecule has 0 aromatic heterocycles. The number of hydrogen-bond donors (Lipinski definition) is 5. The topological polar surface area (TPSA) is 211 Å². The average molecular weight is 775 g/mol. The van der Waals surface area contributed by atoms with Crippen LogP contribution in [0, 0.1) is 17.8 Å². The predicted molar refractivity (Wildman–Crippen MR) is 202 cm³/mol. The molecular weight excluding hydrogens is 708 g/mol. The van der Waals surface area contributed by atoms with Crippen LogP contribution in [0.4, 0.5) is 0 Å². The molecule has 6 amide bonds. The van der Waals surface area contributed by atoms with Crippen LogP contribution >= 0.6 is 0 Å². The van der Waals surface area contributed by atoms with E-state index in [9.17, 15) is 33.9 Å². The van der Waals surface area contributed by atoms with Crippen molar-refractivity contribution < 1.29 is 43.5 Å². The normalized spacial score (nSPS) is 23.4. The third kappa shape index (κ3) is 13.4. The van der Waals surface area contributed by atoms with E-state index in [0.29, 0.717) is 57.7 Å². The summed E-state index contributed by atoms with van der Waals surface area (Å²) in [6.07, 6.45) is 14.0. The highest BCUT2D eigenvalue weighted by molar-refractivity contribution is 5.96. The van der Waals surface area contributed by atoms with E-state index in [1.54, 1.807) is 11.8 Å². The van der Waals surface area contributed by atoms with E-state index in [4.69, 9.17) is 9.59 Å². The summed E-state index contributed by atoms with van der Waals surface area (Å²) in [6, 6.07) is -4.43. The Balaban J connectivity index is 0.00000262. The smallest absolute Gasteiger partial charge is 0.373 e. The number of aliphatic hydroxyl groups is 1. The van der Waals surface area contributed by atoms with Gasteiger partial charge in [0.25, 0.3) is 0 Å². The maximum absolute atomic E-state index is 14.4. The number of likely N-dealkylation sites (tertiary alicyclic amines) is 2. The Kier molecular flexibility index (Phi) is 19.3. The van der Waals surface area contributed by atoms with Gasteiger partial charge < -0.3 is 36.2 Å². The molecular formula is C40H66N6O9. The SMILES string of the molecule is CCCNC(=O)[C@@H](NC(=O)[C@@H]1CCCN1C(=O)[C@H](C)NC(=O)[C@@H]1CCCCN1C(=O)[C@@H](NC(=O)C[C@H](C)C1CCCCC1)C1CCCCC1)[C@@H](C)O.O=C=O. The summed E-state index contributed by atoms with van der Waals surface area (Å²) in [5.74, 6) is -1.37. The molecule has 15 nitrogen and oxygen atoms in total. The molecule has 4 aliphatic rings. The van der Waals surface area contributed by atoms with Crippen LogP contribution in [0.2, 0.25) is 0 Å². The highest BCUT2D eigenvalue weighted by Crippen LogP contribution is 2.33. The molecule has 7 atom stereocenters. The third-order valence-corrected chi connectivity index (χ3v) is 11.9. The monoisotopic (exact) mass is 774 g/mol. The van der Waals surface area contributed by atoms with Crippen LogP contribution in [0.25, 0.3) is 0 Å². The first kappa shape index (κ1) is 45.5. The second-order valence-electron chi connectivity index (χ2n) is 16.1. The largest absolute Gasteiger partial charge is 0.391 e. The van der Waals surface area contributed by atoms with E-state index in [0.717, 1.165) is 57.8 Å². The third-order valence-electron chi connectivity index (χ3n) is 11.9. The molecule has 0 aromatic rings. The first-order chi connectivity index (χ1) is 26.3. The molecule has 0 aromatic carbocycles. The number of amides is 6. The van der Waals surface area contributed by atoms with E-state index in [2.05, 4.69) is 28.2 Å². The van der Waals surface area contributed by atoms with Gasteiger partial charge in [0.15, 0.2) is 0 Å². The number of hydrogen-bond acceptors (Lipinski definition) is 9. The lowest BCUT2D eigenvalue weighted by Crippen LogP contribution is -2.61. The minimum atomic E-state index is -1.16. The van der Waals surface area contributed by atoms with Crippen molar-refractivity contribution in [3.8, 4) is 0 Å². The van der Waals surface area contributed by atoms with Gasteiger partial charge in [0.1, 0.15) is 30.2 Å². The number of piperidine rings is 1. The number of carbonyl (C=O) groups excluding carboxylic acids is 8. The number of rotatable bonds is 15. The van der Waals surface area contributed by atoms with Crippen LogP contribution in [-0.4, -0.2) is 112 Å². The first-order valence-electron chi connectivity index (χ1n) is 20.8. The summed E-state index contributed by atoms with van der Waals surface area (Å²) in [7, 11) is 0. The predicted octanol–water partition coefficient (Wildman–Crippen LogP) is 2.34. The van der Waals surface area contributed by atoms with Gasteiger partial charge in [0.2, 0.25) is 35.4 Å². The maximum atomic E-state index is 14.4. The van der Waals surface area contributed by atoms with E-state index < -0.39 is 59.9 Å². The van der Waals surface area contributed by atoms with Gasteiger partial charge in [-0.25, -0.2) is 0 Å². The van der Waals surface area contributed by atoms with Crippen LogP contribution in [0.15, 0.2) is 0 Å². The Morgan fingerprint density at radius 1 is 0.673 bits per heavy atom. The van der Waals surface area contributed by atoms with Gasteiger partial charge in [-0.1, -0.05) is 65.2 Å². The van der Waals surface area contributed by atoms with Crippen molar-refractivity contribution in [3.05, 3.63) is 0 Å². The summed E-state index contributed by atoms with van der Waals surface area (Å²) in [4.78, 5) is 101. The van der Waals surface area contributed by atoms with Crippen LogP contribution in [-0.2, 0) is 38.4 Å². The van der Waals surface area contributed by atoms with E-state index in [1.807, 2.05) is 6.92 Å². The van der Waals surface area contributed by atoms with Gasteiger partial charge in [-0.2, -0.15) is 9.59 Å². The molecule has 15 heteroatoms. The van der Waals surface area contributed by atoms with Crippen molar-refractivity contribution in [3.63, 3.8) is 0 Å². The second-order valence-corrected chi connectivity index (χ2v) is 16.1. The first-order valence-corrected chi connectivity index (χ1v) is 20.8. The summed E-state index contributed by atoms with van der Waals surface area (Å²) in [6.45, 7) is 8.18. The zero-order valence-corrected chi connectivity index (χ0v) is 33.4. The molecule has 0 bridgehead atoms. The highest BCUT2D eigenvalue weighted by Gasteiger charge is 2.42. The molecule has 55 heavy (non-hydrogen) atoms. The van der Waals surface area contributed by atoms with Crippen molar-refractivity contribution in [2.75, 3.05) is 19.6 Å². The standard InChI is InChI=1S/C39H66N6O7.CO2/c1-5-21-40-37(50)33(27(4)46)43-36(49)31-20-14-23-44(31)38(51)26(3)41-35(48)30-19-12-13-22-45(30)39(52)34(29-17-10-7-11-18-29)42-32(47)24-25(2)28-15-8-6-9-16-28;2-1-3/h25-31,33-34,46H,5-24H2,1-4H3,(H,40,50)(H,41,48)(H,42,47)(H,43,49);/t25-,26-,27+,30-,31-,33-,34-;/m0./s1. The Labute approximate surface area is 326 Å². The van der Waals surface area contributed by atoms with Crippen molar-refractivity contribution in [2.45, 2.75) is 173 Å². The Bertz CT molecular complexity index is 1330. The molecule has 5 N–H and O–H groups in total. The van der Waals surface area contributed by atoms with Gasteiger partial charge in [0.05, 0.1) is 6.10 Å². The minimum absolute atomic E-state index is 0.0192. The van der Waals surface area contributed by atoms with Crippen molar-refractivity contribution in [1.29, 1.82) is 0 Å². The van der Waals surface area contributed by atoms with Crippen LogP contribution in [0.1, 0.15) is 137 Å². The lowest BCUT2D eigenvalue weighted by molar-refractivity contribution is -0.191. The van der Waals surface area contributed by atoms with Gasteiger partial charge in [-0.15, -0.1) is 0 Å². The van der Waals surface area contributed by atoms with Gasteiger partial charge >= 0.3 is 6.15 Å². The maximum Gasteiger partial charge on any atom is 0.373 e. The van der Waals surface area contributed by atoms with E-state index >= 15 is 0 Å². The number of nitrogens with zero attached hydrogens (tertiary/aromatic N) is 2. The molecule has 2 heterocycles. The molecule has 0 unspecified atom stereocenters. The lowest BCUT2D eigenvalue weighted by Gasteiger charge is -2.40.